The summed E-state index contributed by atoms with van der Waals surface area (Å²) in [7, 11) is 0. The zero-order valence-electron chi connectivity index (χ0n) is 33.1. The molecule has 61 heavy (non-hydrogen) atoms. The molecule has 2 aliphatic carbocycles. The van der Waals surface area contributed by atoms with E-state index < -0.39 is 0 Å². The molecule has 0 amide bonds. The summed E-state index contributed by atoms with van der Waals surface area (Å²) in [5.74, 6) is 3.21. The molecule has 314 valence electrons. The van der Waals surface area contributed by atoms with E-state index in [-0.39, 0.29) is 30.0 Å². The van der Waals surface area contributed by atoms with Crippen LogP contribution in [0.5, 0.6) is 11.5 Å². The van der Waals surface area contributed by atoms with E-state index >= 15 is 0 Å². The number of fused-ring (bicyclic) bond motifs is 2. The van der Waals surface area contributed by atoms with Crippen molar-refractivity contribution in [2.45, 2.75) is 82.3 Å². The Morgan fingerprint density at radius 2 is 1.49 bits per heavy atom. The number of rotatable bonds is 14. The molecule has 0 bridgehead atoms. The van der Waals surface area contributed by atoms with Crippen molar-refractivity contribution in [2.24, 2.45) is 10.7 Å². The van der Waals surface area contributed by atoms with Crippen molar-refractivity contribution in [3.8, 4) is 17.2 Å². The summed E-state index contributed by atoms with van der Waals surface area (Å²) in [4.78, 5) is 24.8. The van der Waals surface area contributed by atoms with Gasteiger partial charge in [0, 0.05) is 23.2 Å². The Bertz CT molecular complexity index is 2650. The van der Waals surface area contributed by atoms with Crippen LogP contribution in [0.3, 0.4) is 0 Å². The number of phenolic OH excluding ortho intramolecular Hbond substituents is 1. The van der Waals surface area contributed by atoms with Crippen molar-refractivity contribution in [3.05, 3.63) is 95.2 Å². The maximum atomic E-state index is 10.1. The molecule has 0 spiro atoms. The molecule has 2 aliphatic rings. The number of benzene rings is 2. The first-order valence-electron chi connectivity index (χ1n) is 20.3. The molecule has 9 N–H and O–H groups in total. The van der Waals surface area contributed by atoms with Gasteiger partial charge in [0.25, 0.3) is 0 Å². The number of hydrogen-bond donors (Lipinski definition) is 8. The van der Waals surface area contributed by atoms with Crippen molar-refractivity contribution in [1.29, 1.82) is 0 Å². The van der Waals surface area contributed by atoms with Crippen LogP contribution in [0.15, 0.2) is 95.3 Å². The molecular formula is C43H46N12O4S2. The zero-order valence-corrected chi connectivity index (χ0v) is 34.7. The number of allylic oxidation sites excluding steroid dienone is 1. The lowest BCUT2D eigenvalue weighted by atomic mass is 9.93. The predicted molar refractivity (Wildman–Crippen MR) is 242 cm³/mol. The molecule has 2 aromatic carbocycles. The van der Waals surface area contributed by atoms with Crippen molar-refractivity contribution >= 4 is 84.2 Å². The van der Waals surface area contributed by atoms with Gasteiger partial charge in [-0.05, 0) is 117 Å². The lowest BCUT2D eigenvalue weighted by Gasteiger charge is -2.26. The molecular weight excluding hydrogens is 813 g/mol. The number of nitrogens with zero attached hydrogens (tertiary/aromatic N) is 7. The van der Waals surface area contributed by atoms with Gasteiger partial charge in [-0.2, -0.15) is 15.1 Å². The molecule has 9 rings (SSSR count). The average Bonchev–Trinajstić information content (AvgIpc) is 4.05. The SMILES string of the molecule is NC=C(C=Nc1ccc(OCc2cc3nc(Nc4cnn(-c5ccc(O)cc5)c4)nc(NC4CCC(O)CC4)c3s2)cc1)Nc1nc(NC2CCC(O)CC2)c2sccc2n1. The van der Waals surface area contributed by atoms with Crippen LogP contribution >= 0.6 is 22.7 Å². The summed E-state index contributed by atoms with van der Waals surface area (Å²) in [6.45, 7) is 0.332. The van der Waals surface area contributed by atoms with Crippen LogP contribution in [0.1, 0.15) is 56.2 Å². The molecule has 7 aromatic rings. The van der Waals surface area contributed by atoms with E-state index in [2.05, 4.69) is 36.3 Å². The van der Waals surface area contributed by atoms with E-state index in [1.165, 1.54) is 6.20 Å². The molecule has 5 heterocycles. The minimum Gasteiger partial charge on any atom is -0.508 e. The van der Waals surface area contributed by atoms with Gasteiger partial charge in [-0.3, -0.25) is 4.99 Å². The van der Waals surface area contributed by atoms with Crippen molar-refractivity contribution in [1.82, 2.24) is 29.7 Å². The summed E-state index contributed by atoms with van der Waals surface area (Å²) >= 11 is 3.17. The highest BCUT2D eigenvalue weighted by atomic mass is 32.1. The number of aliphatic imine (C=N–C) groups is 1. The molecule has 5 aromatic heterocycles. The van der Waals surface area contributed by atoms with Crippen LogP contribution in [0.2, 0.25) is 0 Å². The van der Waals surface area contributed by atoms with Crippen molar-refractivity contribution in [3.63, 3.8) is 0 Å². The Balaban J connectivity index is 0.854. The molecule has 0 unspecified atom stereocenters. The second kappa shape index (κ2) is 18.1. The molecule has 2 saturated carbocycles. The molecule has 0 saturated heterocycles. The summed E-state index contributed by atoms with van der Waals surface area (Å²) in [6, 6.07) is 18.7. The molecule has 0 aliphatic heterocycles. The first-order valence-corrected chi connectivity index (χ1v) is 22.0. The summed E-state index contributed by atoms with van der Waals surface area (Å²) < 4.78 is 9.85. The fraction of sp³-hybridized carbons (Fsp3) is 0.302. The van der Waals surface area contributed by atoms with Crippen LogP contribution in [-0.4, -0.2) is 75.5 Å². The number of phenols is 1. The third kappa shape index (κ3) is 9.84. The van der Waals surface area contributed by atoms with Gasteiger partial charge < -0.3 is 47.1 Å². The first kappa shape index (κ1) is 40.1. The maximum absolute atomic E-state index is 10.1. The smallest absolute Gasteiger partial charge is 0.229 e. The number of aliphatic hydroxyl groups excluding tert-OH is 2. The second-order valence-corrected chi connectivity index (χ2v) is 17.3. The first-order chi connectivity index (χ1) is 29.8. The largest absolute Gasteiger partial charge is 0.508 e. The van der Waals surface area contributed by atoms with Crippen LogP contribution in [0, 0.1) is 0 Å². The Kier molecular flexibility index (Phi) is 11.9. The number of aromatic hydroxyl groups is 1. The van der Waals surface area contributed by atoms with Crippen molar-refractivity contribution < 1.29 is 20.1 Å². The number of ether oxygens (including phenoxy) is 1. The van der Waals surface area contributed by atoms with E-state index in [4.69, 9.17) is 25.4 Å². The number of anilines is 5. The Hall–Kier alpha value is -6.34. The molecule has 0 radical (unpaired) electrons. The zero-order chi connectivity index (χ0) is 41.7. The summed E-state index contributed by atoms with van der Waals surface area (Å²) in [5, 5.41) is 49.9. The normalized spacial score (nSPS) is 19.7. The van der Waals surface area contributed by atoms with Crippen LogP contribution in [0.25, 0.3) is 26.1 Å². The highest BCUT2D eigenvalue weighted by Crippen LogP contribution is 2.35. The molecule has 16 nitrogen and oxygen atoms in total. The number of thiophene rings is 2. The molecule has 18 heteroatoms. The minimum absolute atomic E-state index is 0.184. The monoisotopic (exact) mass is 858 g/mol. The van der Waals surface area contributed by atoms with Gasteiger partial charge >= 0.3 is 0 Å². The Morgan fingerprint density at radius 1 is 0.820 bits per heavy atom. The number of aliphatic hydroxyl groups is 2. The minimum atomic E-state index is -0.261. The number of nitrogens with two attached hydrogens (primary N) is 1. The van der Waals surface area contributed by atoms with Gasteiger partial charge in [0.1, 0.15) is 29.7 Å². The third-order valence-corrected chi connectivity index (χ3v) is 12.8. The second-order valence-electron chi connectivity index (χ2n) is 15.3. The number of hydrogen-bond acceptors (Lipinski definition) is 17. The fourth-order valence-electron chi connectivity index (χ4n) is 7.48. The van der Waals surface area contributed by atoms with E-state index in [0.717, 1.165) is 94.0 Å². The van der Waals surface area contributed by atoms with Gasteiger partial charge in [-0.1, -0.05) is 0 Å². The Labute approximate surface area is 359 Å². The summed E-state index contributed by atoms with van der Waals surface area (Å²) in [5.41, 5.74) is 10.4. The standard InChI is InChI=1S/C43H46N12O4S2/c44-20-28(49-42-51-36-17-18-60-38(36)40(53-42)47-26-1-9-31(56)10-2-26)21-45-25-5-15-34(16-6-25)59-24-35-19-37-39(61-35)41(48-27-3-11-32(57)12-4-27)54-43(52-37)50-29-22-46-55(23-29)30-7-13-33(58)14-8-30/h5-8,13-23,26-27,31-32,56-58H,1-4,9-12,24,44H2,(H2,47,49,51,53)(H2,48,50,52,54). The molecule has 2 fully saturated rings. The van der Waals surface area contributed by atoms with E-state index in [1.807, 2.05) is 48.0 Å². The maximum Gasteiger partial charge on any atom is 0.229 e. The van der Waals surface area contributed by atoms with E-state index in [0.29, 0.717) is 41.3 Å². The van der Waals surface area contributed by atoms with Crippen LogP contribution in [0.4, 0.5) is 34.9 Å². The quantitative estimate of drug-likeness (QED) is 0.0486. The van der Waals surface area contributed by atoms with Gasteiger partial charge in [-0.15, -0.1) is 22.7 Å². The van der Waals surface area contributed by atoms with Crippen LogP contribution < -0.4 is 31.7 Å². The summed E-state index contributed by atoms with van der Waals surface area (Å²) in [6.07, 6.45) is 12.6. The average molecular weight is 859 g/mol. The Morgan fingerprint density at radius 3 is 2.20 bits per heavy atom. The lowest BCUT2D eigenvalue weighted by Crippen LogP contribution is -2.28. The van der Waals surface area contributed by atoms with Gasteiger partial charge in [0.05, 0.1) is 74.0 Å². The molecule has 0 atom stereocenters. The van der Waals surface area contributed by atoms with Crippen LogP contribution in [-0.2, 0) is 6.61 Å². The number of aromatic nitrogens is 6. The van der Waals surface area contributed by atoms with Gasteiger partial charge in [-0.25, -0.2) is 14.6 Å². The van der Waals surface area contributed by atoms with Gasteiger partial charge in [0.15, 0.2) is 0 Å². The van der Waals surface area contributed by atoms with E-state index in [9.17, 15) is 15.3 Å². The lowest BCUT2D eigenvalue weighted by molar-refractivity contribution is 0.125. The topological polar surface area (TPSA) is 226 Å². The fourth-order valence-corrected chi connectivity index (χ4v) is 9.23. The highest BCUT2D eigenvalue weighted by Gasteiger charge is 2.23. The predicted octanol–water partition coefficient (Wildman–Crippen LogP) is 7.96. The third-order valence-electron chi connectivity index (χ3n) is 10.8. The number of nitrogens with one attached hydrogen (secondary N) is 4. The van der Waals surface area contributed by atoms with Crippen molar-refractivity contribution in [2.75, 3.05) is 21.3 Å². The van der Waals surface area contributed by atoms with Gasteiger partial charge in [0.2, 0.25) is 11.9 Å². The highest BCUT2D eigenvalue weighted by molar-refractivity contribution is 7.19. The van der Waals surface area contributed by atoms with E-state index in [1.54, 1.807) is 64.0 Å².